The molecule has 4 nitrogen and oxygen atoms in total. The molecule has 116 valence electrons. The molecule has 3 rings (SSSR count). The van der Waals surface area contributed by atoms with Crippen LogP contribution in [-0.4, -0.2) is 32.4 Å². The van der Waals surface area contributed by atoms with Crippen LogP contribution in [0.15, 0.2) is 23.1 Å². The van der Waals surface area contributed by atoms with Gasteiger partial charge in [-0.05, 0) is 48.4 Å². The maximum absolute atomic E-state index is 12.8. The summed E-state index contributed by atoms with van der Waals surface area (Å²) in [5, 5.41) is 3.27. The fourth-order valence-corrected chi connectivity index (χ4v) is 4.70. The van der Waals surface area contributed by atoms with E-state index in [4.69, 9.17) is 0 Å². The fourth-order valence-electron chi connectivity index (χ4n) is 3.21. The molecule has 0 radical (unpaired) electrons. The summed E-state index contributed by atoms with van der Waals surface area (Å²) >= 11 is 0. The molecule has 1 fully saturated rings. The van der Waals surface area contributed by atoms with Crippen molar-refractivity contribution in [2.45, 2.75) is 44.4 Å². The minimum Gasteiger partial charge on any atom is -0.384 e. The lowest BCUT2D eigenvalue weighted by Crippen LogP contribution is -2.41. The summed E-state index contributed by atoms with van der Waals surface area (Å²) in [6, 6.07) is 5.48. The third-order valence-electron chi connectivity index (χ3n) is 5.21. The zero-order chi connectivity index (χ0) is 15.1. The van der Waals surface area contributed by atoms with E-state index >= 15 is 0 Å². The Hall–Kier alpha value is -1.07. The van der Waals surface area contributed by atoms with Crippen LogP contribution in [0.1, 0.15) is 38.7 Å². The summed E-state index contributed by atoms with van der Waals surface area (Å²) in [4.78, 5) is 0.449. The highest BCUT2D eigenvalue weighted by molar-refractivity contribution is 7.89. The summed E-state index contributed by atoms with van der Waals surface area (Å²) in [5.41, 5.74) is 2.49. The van der Waals surface area contributed by atoms with Crippen LogP contribution >= 0.6 is 0 Å². The number of nitrogens with zero attached hydrogens (tertiary/aromatic N) is 1. The average molecular weight is 308 g/mol. The number of nitrogens with one attached hydrogen (secondary N) is 1. The van der Waals surface area contributed by atoms with Crippen LogP contribution in [0.3, 0.4) is 0 Å². The number of hydrogen-bond donors (Lipinski definition) is 1. The van der Waals surface area contributed by atoms with Gasteiger partial charge in [-0.15, -0.1) is 0 Å². The molecular weight excluding hydrogens is 284 g/mol. The van der Waals surface area contributed by atoms with Crippen LogP contribution in [-0.2, 0) is 16.4 Å². The highest BCUT2D eigenvalue weighted by Crippen LogP contribution is 2.36. The molecule has 5 heteroatoms. The van der Waals surface area contributed by atoms with Crippen molar-refractivity contribution in [3.05, 3.63) is 23.8 Å². The topological polar surface area (TPSA) is 49.4 Å². The molecule has 21 heavy (non-hydrogen) atoms. The number of benzene rings is 1. The summed E-state index contributed by atoms with van der Waals surface area (Å²) in [7, 11) is -3.34. The van der Waals surface area contributed by atoms with Gasteiger partial charge in [-0.1, -0.05) is 20.3 Å². The molecule has 0 unspecified atom stereocenters. The Bertz CT molecular complexity index is 632. The lowest BCUT2D eigenvalue weighted by Gasteiger charge is -2.38. The van der Waals surface area contributed by atoms with Crippen molar-refractivity contribution in [2.24, 2.45) is 5.41 Å². The standard InChI is InChI=1S/C16H24N2O2S/c1-3-16(2)7-10-18(11-8-16)21(19,20)14-4-5-15-13(12-14)6-9-17-15/h4-5,12,17H,3,6-11H2,1-2H3. The normalized spacial score (nSPS) is 21.8. The van der Waals surface area contributed by atoms with E-state index in [9.17, 15) is 8.42 Å². The predicted molar refractivity (Wildman–Crippen MR) is 85.0 cm³/mol. The Morgan fingerprint density at radius 3 is 2.67 bits per heavy atom. The molecule has 2 aliphatic rings. The van der Waals surface area contributed by atoms with E-state index in [0.29, 0.717) is 23.4 Å². The van der Waals surface area contributed by atoms with Gasteiger partial charge in [-0.25, -0.2) is 8.42 Å². The molecule has 0 bridgehead atoms. The predicted octanol–water partition coefficient (Wildman–Crippen LogP) is 2.86. The summed E-state index contributed by atoms with van der Waals surface area (Å²) in [6.07, 6.45) is 3.93. The number of fused-ring (bicyclic) bond motifs is 1. The second-order valence-electron chi connectivity index (χ2n) is 6.56. The van der Waals surface area contributed by atoms with E-state index in [1.54, 1.807) is 10.4 Å². The average Bonchev–Trinajstić information content (AvgIpc) is 2.95. The molecule has 0 saturated carbocycles. The van der Waals surface area contributed by atoms with Crippen LogP contribution < -0.4 is 5.32 Å². The fraction of sp³-hybridized carbons (Fsp3) is 0.625. The lowest BCUT2D eigenvalue weighted by atomic mass is 9.79. The maximum Gasteiger partial charge on any atom is 0.243 e. The quantitative estimate of drug-likeness (QED) is 0.934. The SMILES string of the molecule is CCC1(C)CCN(S(=O)(=O)c2ccc3c(c2)CCN3)CC1. The zero-order valence-electron chi connectivity index (χ0n) is 12.9. The molecule has 0 spiro atoms. The minimum atomic E-state index is -3.34. The first kappa shape index (κ1) is 14.9. The van der Waals surface area contributed by atoms with E-state index in [0.717, 1.165) is 43.5 Å². The van der Waals surface area contributed by atoms with Crippen molar-refractivity contribution in [3.8, 4) is 0 Å². The number of sulfonamides is 1. The van der Waals surface area contributed by atoms with Crippen molar-refractivity contribution in [2.75, 3.05) is 25.0 Å². The van der Waals surface area contributed by atoms with Gasteiger partial charge in [0, 0.05) is 25.3 Å². The van der Waals surface area contributed by atoms with Crippen molar-refractivity contribution in [3.63, 3.8) is 0 Å². The van der Waals surface area contributed by atoms with Gasteiger partial charge < -0.3 is 5.32 Å². The van der Waals surface area contributed by atoms with Gasteiger partial charge in [0.1, 0.15) is 0 Å². The molecule has 2 aliphatic heterocycles. The van der Waals surface area contributed by atoms with Crippen LogP contribution in [0.5, 0.6) is 0 Å². The van der Waals surface area contributed by atoms with Gasteiger partial charge >= 0.3 is 0 Å². The third-order valence-corrected chi connectivity index (χ3v) is 7.10. The molecule has 1 saturated heterocycles. The van der Waals surface area contributed by atoms with Crippen molar-refractivity contribution >= 4 is 15.7 Å². The first-order chi connectivity index (χ1) is 9.94. The van der Waals surface area contributed by atoms with Crippen LogP contribution in [0.25, 0.3) is 0 Å². The summed E-state index contributed by atoms with van der Waals surface area (Å²) < 4.78 is 27.2. The van der Waals surface area contributed by atoms with E-state index in [1.165, 1.54) is 0 Å². The summed E-state index contributed by atoms with van der Waals surface area (Å²) in [6.45, 7) is 6.64. The van der Waals surface area contributed by atoms with E-state index in [1.807, 2.05) is 12.1 Å². The molecule has 0 atom stereocenters. The van der Waals surface area contributed by atoms with Crippen molar-refractivity contribution in [1.82, 2.24) is 4.31 Å². The Morgan fingerprint density at radius 1 is 1.29 bits per heavy atom. The minimum absolute atomic E-state index is 0.299. The second-order valence-corrected chi connectivity index (χ2v) is 8.50. The van der Waals surface area contributed by atoms with Gasteiger partial charge in [0.15, 0.2) is 0 Å². The van der Waals surface area contributed by atoms with Gasteiger partial charge in [0.2, 0.25) is 10.0 Å². The van der Waals surface area contributed by atoms with E-state index in [2.05, 4.69) is 19.2 Å². The Balaban J connectivity index is 1.82. The van der Waals surface area contributed by atoms with Crippen LogP contribution in [0, 0.1) is 5.41 Å². The van der Waals surface area contributed by atoms with Gasteiger partial charge in [-0.2, -0.15) is 4.31 Å². The van der Waals surface area contributed by atoms with Crippen LogP contribution in [0.4, 0.5) is 5.69 Å². The first-order valence-electron chi connectivity index (χ1n) is 7.82. The highest BCUT2D eigenvalue weighted by atomic mass is 32.2. The molecule has 0 aromatic heterocycles. The van der Waals surface area contributed by atoms with Gasteiger partial charge in [0.05, 0.1) is 4.90 Å². The number of anilines is 1. The molecule has 1 aromatic carbocycles. The number of hydrogen-bond acceptors (Lipinski definition) is 3. The maximum atomic E-state index is 12.8. The van der Waals surface area contributed by atoms with E-state index in [-0.39, 0.29) is 0 Å². The van der Waals surface area contributed by atoms with Crippen molar-refractivity contribution < 1.29 is 8.42 Å². The largest absolute Gasteiger partial charge is 0.384 e. The Labute approximate surface area is 127 Å². The molecule has 1 N–H and O–H groups in total. The van der Waals surface area contributed by atoms with Crippen molar-refractivity contribution in [1.29, 1.82) is 0 Å². The third kappa shape index (κ3) is 2.69. The Morgan fingerprint density at radius 2 is 2.00 bits per heavy atom. The smallest absolute Gasteiger partial charge is 0.243 e. The lowest BCUT2D eigenvalue weighted by molar-refractivity contribution is 0.169. The number of rotatable bonds is 3. The highest BCUT2D eigenvalue weighted by Gasteiger charge is 2.34. The molecule has 0 aliphatic carbocycles. The summed E-state index contributed by atoms with van der Waals surface area (Å²) in [5.74, 6) is 0. The first-order valence-corrected chi connectivity index (χ1v) is 9.26. The number of piperidine rings is 1. The van der Waals surface area contributed by atoms with E-state index < -0.39 is 10.0 Å². The van der Waals surface area contributed by atoms with Gasteiger partial charge in [-0.3, -0.25) is 0 Å². The van der Waals surface area contributed by atoms with Crippen LogP contribution in [0.2, 0.25) is 0 Å². The molecule has 2 heterocycles. The Kier molecular flexibility index (Phi) is 3.74. The van der Waals surface area contributed by atoms with Gasteiger partial charge in [0.25, 0.3) is 0 Å². The molecular formula is C16H24N2O2S. The molecule has 0 amide bonds. The monoisotopic (exact) mass is 308 g/mol. The zero-order valence-corrected chi connectivity index (χ0v) is 13.7. The molecule has 1 aromatic rings. The second kappa shape index (κ2) is 5.29.